The molecule has 4 rings (SSSR count). The van der Waals surface area contributed by atoms with Crippen molar-refractivity contribution in [3.05, 3.63) is 47.1 Å². The number of rotatable bonds is 3. The molecule has 0 radical (unpaired) electrons. The number of likely N-dealkylation sites (tertiary alicyclic amines) is 2. The predicted molar refractivity (Wildman–Crippen MR) is 113 cm³/mol. The summed E-state index contributed by atoms with van der Waals surface area (Å²) in [5.74, 6) is 0.104. The summed E-state index contributed by atoms with van der Waals surface area (Å²) in [4.78, 5) is 31.3. The van der Waals surface area contributed by atoms with E-state index in [-0.39, 0.29) is 23.5 Å². The fourth-order valence-electron chi connectivity index (χ4n) is 4.26. The Labute approximate surface area is 175 Å². The topological polar surface area (TPSA) is 40.6 Å². The Morgan fingerprint density at radius 2 is 1.48 bits per heavy atom. The van der Waals surface area contributed by atoms with Gasteiger partial charge in [0.05, 0.1) is 4.88 Å². The molecule has 3 heterocycles. The van der Waals surface area contributed by atoms with Crippen molar-refractivity contribution < 1.29 is 14.0 Å². The second kappa shape index (κ2) is 9.08. The van der Waals surface area contributed by atoms with Crippen molar-refractivity contribution in [2.45, 2.75) is 38.5 Å². The van der Waals surface area contributed by atoms with Crippen molar-refractivity contribution in [1.29, 1.82) is 0 Å². The van der Waals surface area contributed by atoms with Crippen molar-refractivity contribution in [2.75, 3.05) is 26.2 Å². The summed E-state index contributed by atoms with van der Waals surface area (Å²) in [6, 6.07) is 10.1. The maximum Gasteiger partial charge on any atom is 0.263 e. The fraction of sp³-hybridized carbons (Fsp3) is 0.478. The molecular weight excluding hydrogens is 387 g/mol. The van der Waals surface area contributed by atoms with Crippen LogP contribution in [0.25, 0.3) is 10.4 Å². The lowest BCUT2D eigenvalue weighted by molar-refractivity contribution is -0.136. The molecule has 2 aromatic rings. The van der Waals surface area contributed by atoms with Gasteiger partial charge in [0.15, 0.2) is 0 Å². The number of hydrogen-bond donors (Lipinski definition) is 0. The molecule has 2 fully saturated rings. The number of carbonyl (C=O) groups is 2. The zero-order valence-electron chi connectivity index (χ0n) is 16.6. The van der Waals surface area contributed by atoms with Gasteiger partial charge >= 0.3 is 0 Å². The molecule has 0 unspecified atom stereocenters. The number of hydrogen-bond acceptors (Lipinski definition) is 3. The van der Waals surface area contributed by atoms with E-state index in [4.69, 9.17) is 0 Å². The van der Waals surface area contributed by atoms with Crippen LogP contribution in [0.4, 0.5) is 4.39 Å². The molecule has 2 amide bonds. The molecular formula is C23H27FN2O2S. The molecule has 1 aromatic carbocycles. The Hall–Kier alpha value is -2.21. The van der Waals surface area contributed by atoms with Crippen LogP contribution in [0.2, 0.25) is 0 Å². The maximum absolute atomic E-state index is 13.1. The highest BCUT2D eigenvalue weighted by Gasteiger charge is 2.31. The normalized spacial score (nSPS) is 18.5. The Kier molecular flexibility index (Phi) is 6.28. The molecule has 6 heteroatoms. The molecule has 4 nitrogen and oxygen atoms in total. The zero-order chi connectivity index (χ0) is 20.2. The number of carbonyl (C=O) groups excluding carboxylic acids is 2. The molecule has 2 saturated heterocycles. The number of benzene rings is 1. The van der Waals surface area contributed by atoms with Crippen LogP contribution >= 0.6 is 11.3 Å². The Bertz CT molecular complexity index is 848. The van der Waals surface area contributed by atoms with E-state index >= 15 is 0 Å². The molecule has 0 bridgehead atoms. The van der Waals surface area contributed by atoms with Gasteiger partial charge in [-0.1, -0.05) is 25.0 Å². The lowest BCUT2D eigenvalue weighted by Crippen LogP contribution is -2.44. The highest BCUT2D eigenvalue weighted by atomic mass is 32.1. The molecule has 2 aliphatic rings. The standard InChI is InChI=1S/C23H27FN2O2S/c24-19-7-5-17(6-8-19)20-9-10-21(29-20)23(28)26-15-11-18(12-16-26)22(27)25-13-3-1-2-4-14-25/h5-10,18H,1-4,11-16H2. The van der Waals surface area contributed by atoms with Crippen molar-refractivity contribution in [3.63, 3.8) is 0 Å². The van der Waals surface area contributed by atoms with Crippen molar-refractivity contribution in [1.82, 2.24) is 9.80 Å². The third kappa shape index (κ3) is 4.69. The van der Waals surface area contributed by atoms with Crippen LogP contribution in [0.15, 0.2) is 36.4 Å². The van der Waals surface area contributed by atoms with E-state index < -0.39 is 0 Å². The van der Waals surface area contributed by atoms with Crippen molar-refractivity contribution >= 4 is 23.2 Å². The summed E-state index contributed by atoms with van der Waals surface area (Å²) in [6.45, 7) is 3.04. The van der Waals surface area contributed by atoms with Gasteiger partial charge in [0.1, 0.15) is 5.82 Å². The van der Waals surface area contributed by atoms with E-state index in [1.807, 2.05) is 21.9 Å². The van der Waals surface area contributed by atoms with Crippen LogP contribution in [-0.2, 0) is 4.79 Å². The molecule has 29 heavy (non-hydrogen) atoms. The minimum absolute atomic E-state index is 0.0315. The van der Waals surface area contributed by atoms with Crippen molar-refractivity contribution in [3.8, 4) is 10.4 Å². The van der Waals surface area contributed by atoms with Gasteiger partial charge in [-0.25, -0.2) is 4.39 Å². The van der Waals surface area contributed by atoms with E-state index in [1.54, 1.807) is 12.1 Å². The minimum atomic E-state index is -0.265. The number of nitrogens with zero attached hydrogens (tertiary/aromatic N) is 2. The smallest absolute Gasteiger partial charge is 0.263 e. The first-order valence-corrected chi connectivity index (χ1v) is 11.4. The predicted octanol–water partition coefficient (Wildman–Crippen LogP) is 4.81. The summed E-state index contributed by atoms with van der Waals surface area (Å²) in [7, 11) is 0. The highest BCUT2D eigenvalue weighted by Crippen LogP contribution is 2.30. The third-order valence-electron chi connectivity index (χ3n) is 5.99. The van der Waals surface area contributed by atoms with Crippen LogP contribution in [0, 0.1) is 11.7 Å². The van der Waals surface area contributed by atoms with Gasteiger partial charge < -0.3 is 9.80 Å². The summed E-state index contributed by atoms with van der Waals surface area (Å²) < 4.78 is 13.1. The van der Waals surface area contributed by atoms with E-state index in [2.05, 4.69) is 0 Å². The Morgan fingerprint density at radius 3 is 2.14 bits per heavy atom. The minimum Gasteiger partial charge on any atom is -0.342 e. The average molecular weight is 415 g/mol. The van der Waals surface area contributed by atoms with E-state index in [0.717, 1.165) is 49.2 Å². The van der Waals surface area contributed by atoms with Crippen LogP contribution < -0.4 is 0 Å². The largest absolute Gasteiger partial charge is 0.342 e. The summed E-state index contributed by atoms with van der Waals surface area (Å²) in [5, 5.41) is 0. The summed E-state index contributed by atoms with van der Waals surface area (Å²) >= 11 is 1.44. The lowest BCUT2D eigenvalue weighted by Gasteiger charge is -2.33. The van der Waals surface area contributed by atoms with Crippen molar-refractivity contribution in [2.24, 2.45) is 5.92 Å². The molecule has 0 N–H and O–H groups in total. The van der Waals surface area contributed by atoms with Crippen LogP contribution in [0.1, 0.15) is 48.2 Å². The van der Waals surface area contributed by atoms with E-state index in [9.17, 15) is 14.0 Å². The molecule has 154 valence electrons. The first-order valence-electron chi connectivity index (χ1n) is 10.6. The summed E-state index contributed by atoms with van der Waals surface area (Å²) in [5.41, 5.74) is 0.914. The fourth-order valence-corrected chi connectivity index (χ4v) is 5.24. The third-order valence-corrected chi connectivity index (χ3v) is 7.12. The molecule has 0 atom stereocenters. The second-order valence-corrected chi connectivity index (χ2v) is 9.06. The van der Waals surface area contributed by atoms with Gasteiger partial charge in [-0.3, -0.25) is 9.59 Å². The van der Waals surface area contributed by atoms with Gasteiger partial charge in [0, 0.05) is 37.0 Å². The number of amides is 2. The molecule has 1 aromatic heterocycles. The second-order valence-electron chi connectivity index (χ2n) is 7.98. The van der Waals surface area contributed by atoms with E-state index in [0.29, 0.717) is 18.0 Å². The van der Waals surface area contributed by atoms with Gasteiger partial charge in [-0.2, -0.15) is 0 Å². The maximum atomic E-state index is 13.1. The van der Waals surface area contributed by atoms with Gasteiger partial charge in [-0.05, 0) is 55.5 Å². The zero-order valence-corrected chi connectivity index (χ0v) is 17.4. The van der Waals surface area contributed by atoms with Gasteiger partial charge in [0.2, 0.25) is 5.91 Å². The molecule has 2 aliphatic heterocycles. The van der Waals surface area contributed by atoms with Gasteiger partial charge in [-0.15, -0.1) is 11.3 Å². The quantitative estimate of drug-likeness (QED) is 0.723. The van der Waals surface area contributed by atoms with E-state index in [1.165, 1.54) is 36.3 Å². The molecule has 0 saturated carbocycles. The molecule has 0 spiro atoms. The van der Waals surface area contributed by atoms with Crippen LogP contribution in [0.3, 0.4) is 0 Å². The Balaban J connectivity index is 1.34. The van der Waals surface area contributed by atoms with Crippen LogP contribution in [0.5, 0.6) is 0 Å². The van der Waals surface area contributed by atoms with Gasteiger partial charge in [0.25, 0.3) is 5.91 Å². The first-order chi connectivity index (χ1) is 14.1. The number of thiophene rings is 1. The average Bonchev–Trinajstić information content (AvgIpc) is 3.08. The Morgan fingerprint density at radius 1 is 0.828 bits per heavy atom. The number of piperidine rings is 1. The monoisotopic (exact) mass is 414 g/mol. The molecule has 0 aliphatic carbocycles. The highest BCUT2D eigenvalue weighted by molar-refractivity contribution is 7.17. The first kappa shape index (κ1) is 20.1. The van der Waals surface area contributed by atoms with Crippen LogP contribution in [-0.4, -0.2) is 47.8 Å². The summed E-state index contributed by atoms with van der Waals surface area (Å²) in [6.07, 6.45) is 6.15. The number of halogens is 1. The SMILES string of the molecule is O=C(c1ccc(-c2ccc(F)cc2)s1)N1CCC(C(=O)N2CCCCCC2)CC1. The lowest BCUT2D eigenvalue weighted by atomic mass is 9.95.